The van der Waals surface area contributed by atoms with Gasteiger partial charge in [0.25, 0.3) is 7.11 Å². The average Bonchev–Trinajstić information content (AvgIpc) is 2.80. The van der Waals surface area contributed by atoms with Crippen LogP contribution in [0.1, 0.15) is 11.5 Å². The van der Waals surface area contributed by atoms with Gasteiger partial charge in [0.2, 0.25) is 0 Å². The maximum Gasteiger partial charge on any atom is 0.355 e. The van der Waals surface area contributed by atoms with Crippen LogP contribution in [0.5, 0.6) is 11.5 Å². The number of fused-ring (bicyclic) bond motifs is 1. The van der Waals surface area contributed by atoms with Crippen molar-refractivity contribution in [3.63, 3.8) is 0 Å². The standard InChI is InChI=1S/C20H21O4/c1-12-19-17(22-4)10-15(14-6-8-16(21-3)9-7-14)11-18(23-5)20(19)13(2)24-12/h6-11H,1-5H3/q+1. The van der Waals surface area contributed by atoms with E-state index in [1.165, 1.54) is 0 Å². The Labute approximate surface area is 141 Å². The van der Waals surface area contributed by atoms with E-state index in [0.717, 1.165) is 50.3 Å². The molecule has 4 nitrogen and oxygen atoms in total. The van der Waals surface area contributed by atoms with Gasteiger partial charge in [-0.1, -0.05) is 12.1 Å². The third-order valence-electron chi connectivity index (χ3n) is 4.19. The van der Waals surface area contributed by atoms with E-state index in [2.05, 4.69) is 0 Å². The van der Waals surface area contributed by atoms with Gasteiger partial charge in [-0.05, 0) is 43.2 Å². The molecule has 0 unspecified atom stereocenters. The van der Waals surface area contributed by atoms with Crippen molar-refractivity contribution in [2.75, 3.05) is 21.3 Å². The van der Waals surface area contributed by atoms with E-state index in [9.17, 15) is 0 Å². The van der Waals surface area contributed by atoms with Gasteiger partial charge in [-0.25, -0.2) is 0 Å². The van der Waals surface area contributed by atoms with E-state index in [4.69, 9.17) is 18.3 Å². The fourth-order valence-electron chi connectivity index (χ4n) is 3.02. The zero-order chi connectivity index (χ0) is 17.3. The predicted octanol–water partition coefficient (Wildman–Crippen LogP) is 4.26. The molecule has 24 heavy (non-hydrogen) atoms. The van der Waals surface area contributed by atoms with Crippen molar-refractivity contribution in [1.82, 2.24) is 0 Å². The van der Waals surface area contributed by atoms with Crippen LogP contribution in [0, 0.1) is 13.8 Å². The third kappa shape index (κ3) is 2.64. The summed E-state index contributed by atoms with van der Waals surface area (Å²) < 4.78 is 22.3. The molecule has 0 aliphatic heterocycles. The lowest BCUT2D eigenvalue weighted by atomic mass is 10.1. The van der Waals surface area contributed by atoms with Crippen molar-refractivity contribution < 1.29 is 13.9 Å². The highest BCUT2D eigenvalue weighted by atomic mass is 16.5. The summed E-state index contributed by atoms with van der Waals surface area (Å²) in [5.41, 5.74) is 2.81. The molecule has 0 spiro atoms. The smallest absolute Gasteiger partial charge is 0.355 e. The molecule has 1 aromatic heterocycles. The SMILES string of the molecule is COc1ccc(-c2cc(OC)c3c(C)oc(C)c3c(=[O+]C)c2)cc1. The highest BCUT2D eigenvalue weighted by Gasteiger charge is 2.19. The highest BCUT2D eigenvalue weighted by molar-refractivity contribution is 5.93. The summed E-state index contributed by atoms with van der Waals surface area (Å²) in [7, 11) is 4.99. The lowest BCUT2D eigenvalue weighted by molar-refractivity contribution is 0.415. The number of ether oxygens (including phenoxy) is 2. The summed E-state index contributed by atoms with van der Waals surface area (Å²) >= 11 is 0. The van der Waals surface area contributed by atoms with E-state index >= 15 is 0 Å². The Hall–Kier alpha value is -2.75. The van der Waals surface area contributed by atoms with E-state index in [1.54, 1.807) is 21.3 Å². The summed E-state index contributed by atoms with van der Waals surface area (Å²) in [5.74, 6) is 3.21. The number of methoxy groups -OCH3 is 2. The topological polar surface area (TPSA) is 42.9 Å². The highest BCUT2D eigenvalue weighted by Crippen LogP contribution is 2.33. The average molecular weight is 325 g/mol. The minimum Gasteiger partial charge on any atom is -0.497 e. The Bertz CT molecular complexity index is 950. The minimum atomic E-state index is 0.758. The molecule has 0 aliphatic carbocycles. The van der Waals surface area contributed by atoms with Gasteiger partial charge in [0, 0.05) is 0 Å². The van der Waals surface area contributed by atoms with Crippen LogP contribution >= 0.6 is 0 Å². The molecule has 4 heteroatoms. The molecule has 3 rings (SSSR count). The fourth-order valence-corrected chi connectivity index (χ4v) is 3.02. The molecule has 0 atom stereocenters. The number of hydrogen-bond acceptors (Lipinski definition) is 3. The monoisotopic (exact) mass is 325 g/mol. The Morgan fingerprint density at radius 1 is 0.833 bits per heavy atom. The quantitative estimate of drug-likeness (QED) is 0.676. The lowest BCUT2D eigenvalue weighted by Gasteiger charge is -2.03. The van der Waals surface area contributed by atoms with Crippen LogP contribution in [0.2, 0.25) is 0 Å². The van der Waals surface area contributed by atoms with Crippen molar-refractivity contribution in [3.8, 4) is 22.6 Å². The van der Waals surface area contributed by atoms with Crippen LogP contribution in [-0.2, 0) is 0 Å². The first kappa shape index (κ1) is 16.1. The zero-order valence-corrected chi connectivity index (χ0v) is 14.6. The normalized spacial score (nSPS) is 11.8. The number of aryl methyl sites for hydroxylation is 2. The maximum absolute atomic E-state index is 5.79. The van der Waals surface area contributed by atoms with Gasteiger partial charge in [0.05, 0.1) is 25.7 Å². The van der Waals surface area contributed by atoms with Crippen molar-refractivity contribution in [1.29, 1.82) is 0 Å². The first-order valence-corrected chi connectivity index (χ1v) is 7.72. The molecule has 3 aromatic rings. The predicted molar refractivity (Wildman–Crippen MR) is 96.4 cm³/mol. The molecule has 124 valence electrons. The Balaban J connectivity index is 2.38. The van der Waals surface area contributed by atoms with Gasteiger partial charge in [0.1, 0.15) is 28.4 Å². The summed E-state index contributed by atoms with van der Waals surface area (Å²) in [5, 5.41) is 1.87. The van der Waals surface area contributed by atoms with Gasteiger partial charge >= 0.3 is 5.43 Å². The zero-order valence-electron chi connectivity index (χ0n) is 14.6. The fraction of sp³-hybridized carbons (Fsp3) is 0.250. The molecule has 1 heterocycles. The summed E-state index contributed by atoms with van der Waals surface area (Å²) in [6, 6.07) is 11.9. The molecule has 0 radical (unpaired) electrons. The van der Waals surface area contributed by atoms with E-state index < -0.39 is 0 Å². The Morgan fingerprint density at radius 2 is 1.50 bits per heavy atom. The molecular formula is C20H21O4+. The molecule has 0 saturated heterocycles. The minimum absolute atomic E-state index is 0.758. The second kappa shape index (κ2) is 6.40. The van der Waals surface area contributed by atoms with Crippen molar-refractivity contribution in [2.45, 2.75) is 13.8 Å². The maximum atomic E-state index is 5.79. The number of rotatable bonds is 3. The molecule has 0 N–H and O–H groups in total. The number of hydrogen-bond donors (Lipinski definition) is 0. The molecule has 2 aromatic carbocycles. The van der Waals surface area contributed by atoms with Gasteiger partial charge < -0.3 is 13.9 Å². The first-order valence-electron chi connectivity index (χ1n) is 7.72. The molecule has 0 fully saturated rings. The van der Waals surface area contributed by atoms with Crippen LogP contribution < -0.4 is 14.9 Å². The van der Waals surface area contributed by atoms with E-state index in [0.29, 0.717) is 0 Å². The van der Waals surface area contributed by atoms with Crippen LogP contribution in [-0.4, -0.2) is 21.3 Å². The third-order valence-corrected chi connectivity index (χ3v) is 4.19. The van der Waals surface area contributed by atoms with Crippen LogP contribution in [0.3, 0.4) is 0 Å². The van der Waals surface area contributed by atoms with Gasteiger partial charge in [0.15, 0.2) is 0 Å². The Morgan fingerprint density at radius 3 is 2.08 bits per heavy atom. The van der Waals surface area contributed by atoms with Gasteiger partial charge in [-0.2, -0.15) is 0 Å². The van der Waals surface area contributed by atoms with Gasteiger partial charge in [-0.15, -0.1) is 0 Å². The largest absolute Gasteiger partial charge is 0.497 e. The van der Waals surface area contributed by atoms with Crippen molar-refractivity contribution in [3.05, 3.63) is 57.8 Å². The molecule has 0 bridgehead atoms. The van der Waals surface area contributed by atoms with Crippen molar-refractivity contribution >= 4 is 10.8 Å². The van der Waals surface area contributed by atoms with E-state index in [-0.39, 0.29) is 0 Å². The number of benzene rings is 1. The van der Waals surface area contributed by atoms with Crippen LogP contribution in [0.25, 0.3) is 21.9 Å². The van der Waals surface area contributed by atoms with Gasteiger partial charge in [-0.3, -0.25) is 4.42 Å². The van der Waals surface area contributed by atoms with E-state index in [1.807, 2.05) is 50.2 Å². The second-order valence-electron chi connectivity index (χ2n) is 5.57. The second-order valence-corrected chi connectivity index (χ2v) is 5.57. The molecule has 0 saturated carbocycles. The number of furan rings is 1. The van der Waals surface area contributed by atoms with Crippen LogP contribution in [0.15, 0.2) is 45.2 Å². The molecule has 0 amide bonds. The first-order chi connectivity index (χ1) is 11.6. The summed E-state index contributed by atoms with van der Waals surface area (Å²) in [6.45, 7) is 3.87. The van der Waals surface area contributed by atoms with Crippen molar-refractivity contribution in [2.24, 2.45) is 0 Å². The Kier molecular flexibility index (Phi) is 4.30. The molecule has 0 aliphatic rings. The molecular weight excluding hydrogens is 304 g/mol. The summed E-state index contributed by atoms with van der Waals surface area (Å²) in [4.78, 5) is 0. The lowest BCUT2D eigenvalue weighted by Crippen LogP contribution is -1.99. The summed E-state index contributed by atoms with van der Waals surface area (Å²) in [6.07, 6.45) is 0. The van der Waals surface area contributed by atoms with Crippen LogP contribution in [0.4, 0.5) is 0 Å².